The summed E-state index contributed by atoms with van der Waals surface area (Å²) in [6.45, 7) is -0.428. The van der Waals surface area contributed by atoms with Crippen LogP contribution in [0.25, 0.3) is 11.2 Å². The maximum Gasteiger partial charge on any atom is 0.282 e. The molecule has 9 nitrogen and oxygen atoms in total. The maximum atomic E-state index is 11.4. The number of nitrogens with zero attached hydrogens (tertiary/aromatic N) is 4. The summed E-state index contributed by atoms with van der Waals surface area (Å²) in [5.41, 5.74) is 5.09. The normalized spacial score (nSPS) is 13.1. The van der Waals surface area contributed by atoms with Crippen LogP contribution in [0.3, 0.4) is 0 Å². The molecule has 0 radical (unpaired) electrons. The van der Waals surface area contributed by atoms with Crippen molar-refractivity contribution in [3.05, 3.63) is 10.4 Å². The van der Waals surface area contributed by atoms with Crippen LogP contribution in [0.5, 0.6) is 0 Å². The molecule has 2 aromatic heterocycles. The van der Waals surface area contributed by atoms with E-state index in [2.05, 4.69) is 20.3 Å². The Kier molecular flexibility index (Phi) is 2.54. The lowest BCUT2D eigenvalue weighted by Crippen LogP contribution is -2.21. The second kappa shape index (κ2) is 3.87. The average molecular weight is 226 g/mol. The van der Waals surface area contributed by atoms with Gasteiger partial charge in [0, 0.05) is 0 Å². The van der Waals surface area contributed by atoms with Gasteiger partial charge in [0.2, 0.25) is 5.95 Å². The Bertz CT molecular complexity index is 561. The van der Waals surface area contributed by atoms with Gasteiger partial charge >= 0.3 is 0 Å². The van der Waals surface area contributed by atoms with Crippen LogP contribution in [0.4, 0.5) is 5.95 Å². The molecular weight excluding hydrogens is 216 g/mol. The minimum absolute atomic E-state index is 0.0110. The van der Waals surface area contributed by atoms with Crippen LogP contribution in [0.15, 0.2) is 4.79 Å². The lowest BCUT2D eigenvalue weighted by molar-refractivity contribution is 0.0787. The number of nitrogens with one attached hydrogen (secondary N) is 1. The number of aliphatic hydroxyl groups is 2. The number of anilines is 1. The summed E-state index contributed by atoms with van der Waals surface area (Å²) in [5.74, 6) is -0.0560. The predicted octanol–water partition coefficient (Wildman–Crippen LogP) is -2.55. The molecule has 5 N–H and O–H groups in total. The van der Waals surface area contributed by atoms with E-state index in [4.69, 9.17) is 10.8 Å². The molecule has 1 atom stereocenters. The largest absolute Gasteiger partial charge is 0.394 e. The summed E-state index contributed by atoms with van der Waals surface area (Å²) in [6, 6.07) is 0. The van der Waals surface area contributed by atoms with Crippen molar-refractivity contribution in [1.29, 1.82) is 0 Å². The molecule has 0 saturated heterocycles. The highest BCUT2D eigenvalue weighted by atomic mass is 16.3. The van der Waals surface area contributed by atoms with Crippen LogP contribution in [-0.2, 0) is 6.54 Å². The van der Waals surface area contributed by atoms with Gasteiger partial charge in [-0.1, -0.05) is 5.21 Å². The Balaban J connectivity index is 2.51. The van der Waals surface area contributed by atoms with Gasteiger partial charge in [-0.2, -0.15) is 4.98 Å². The molecule has 1 unspecified atom stereocenters. The smallest absolute Gasteiger partial charge is 0.282 e. The number of aliphatic hydroxyl groups excluding tert-OH is 2. The Morgan fingerprint density at radius 3 is 3.00 bits per heavy atom. The number of aromatic nitrogens is 5. The molecule has 2 heterocycles. The zero-order valence-electron chi connectivity index (χ0n) is 8.16. The number of H-pyrrole nitrogens is 1. The first-order chi connectivity index (χ1) is 7.61. The second-order valence-electron chi connectivity index (χ2n) is 3.23. The third-order valence-corrected chi connectivity index (χ3v) is 1.99. The number of nitrogens with two attached hydrogens (primary N) is 1. The van der Waals surface area contributed by atoms with Crippen molar-refractivity contribution >= 4 is 17.1 Å². The highest BCUT2D eigenvalue weighted by Gasteiger charge is 2.13. The maximum absolute atomic E-state index is 11.4. The van der Waals surface area contributed by atoms with Gasteiger partial charge in [0.15, 0.2) is 11.2 Å². The van der Waals surface area contributed by atoms with E-state index in [-0.39, 0.29) is 23.7 Å². The van der Waals surface area contributed by atoms with Gasteiger partial charge in [-0.25, -0.2) is 4.68 Å². The second-order valence-corrected chi connectivity index (χ2v) is 3.23. The summed E-state index contributed by atoms with van der Waals surface area (Å²) in [4.78, 5) is 17.5. The van der Waals surface area contributed by atoms with Crippen LogP contribution < -0.4 is 11.3 Å². The lowest BCUT2D eigenvalue weighted by atomic mass is 10.4. The molecule has 0 aliphatic carbocycles. The fraction of sp³-hybridized carbons (Fsp3) is 0.429. The van der Waals surface area contributed by atoms with Gasteiger partial charge < -0.3 is 15.9 Å². The summed E-state index contributed by atoms with van der Waals surface area (Å²) in [6.07, 6.45) is -0.993. The van der Waals surface area contributed by atoms with Crippen molar-refractivity contribution in [2.45, 2.75) is 12.6 Å². The molecule has 2 aromatic rings. The van der Waals surface area contributed by atoms with E-state index in [1.54, 1.807) is 0 Å². The van der Waals surface area contributed by atoms with Crippen molar-refractivity contribution < 1.29 is 10.2 Å². The highest BCUT2D eigenvalue weighted by molar-refractivity contribution is 5.69. The molecule has 0 spiro atoms. The van der Waals surface area contributed by atoms with Gasteiger partial charge in [0.1, 0.15) is 0 Å². The zero-order valence-corrected chi connectivity index (χ0v) is 8.16. The summed E-state index contributed by atoms with van der Waals surface area (Å²) in [7, 11) is 0. The first kappa shape index (κ1) is 10.5. The topological polar surface area (TPSA) is 143 Å². The summed E-state index contributed by atoms with van der Waals surface area (Å²) in [5, 5.41) is 25.2. The third-order valence-electron chi connectivity index (χ3n) is 1.99. The molecule has 0 aliphatic heterocycles. The van der Waals surface area contributed by atoms with E-state index < -0.39 is 18.3 Å². The lowest BCUT2D eigenvalue weighted by Gasteiger charge is -2.06. The van der Waals surface area contributed by atoms with Crippen LogP contribution in [0.2, 0.25) is 0 Å². The fourth-order valence-electron chi connectivity index (χ4n) is 1.26. The van der Waals surface area contributed by atoms with E-state index >= 15 is 0 Å². The Morgan fingerprint density at radius 2 is 2.31 bits per heavy atom. The molecule has 0 amide bonds. The molecule has 2 rings (SSSR count). The molecule has 0 aliphatic rings. The van der Waals surface area contributed by atoms with E-state index in [0.717, 1.165) is 0 Å². The van der Waals surface area contributed by atoms with Crippen LogP contribution in [0.1, 0.15) is 0 Å². The zero-order chi connectivity index (χ0) is 11.7. The molecule has 9 heteroatoms. The number of rotatable bonds is 3. The quantitative estimate of drug-likeness (QED) is 0.451. The Labute approximate surface area is 88.5 Å². The fourth-order valence-corrected chi connectivity index (χ4v) is 1.26. The van der Waals surface area contributed by atoms with E-state index in [9.17, 15) is 9.90 Å². The van der Waals surface area contributed by atoms with E-state index in [1.807, 2.05) is 0 Å². The van der Waals surface area contributed by atoms with Gasteiger partial charge in [-0.3, -0.25) is 9.78 Å². The highest BCUT2D eigenvalue weighted by Crippen LogP contribution is 2.04. The number of nitrogen functional groups attached to an aromatic ring is 1. The molecule has 16 heavy (non-hydrogen) atoms. The number of fused-ring (bicyclic) bond motifs is 1. The van der Waals surface area contributed by atoms with Crippen LogP contribution >= 0.6 is 0 Å². The van der Waals surface area contributed by atoms with Gasteiger partial charge in [-0.05, 0) is 0 Å². The molecule has 0 saturated carbocycles. The van der Waals surface area contributed by atoms with Crippen molar-refractivity contribution in [2.24, 2.45) is 0 Å². The first-order valence-corrected chi connectivity index (χ1v) is 4.49. The monoisotopic (exact) mass is 226 g/mol. The Morgan fingerprint density at radius 1 is 1.56 bits per heavy atom. The molecule has 0 fully saturated rings. The average Bonchev–Trinajstić information content (AvgIpc) is 2.61. The van der Waals surface area contributed by atoms with Crippen LogP contribution in [-0.4, -0.2) is 47.9 Å². The first-order valence-electron chi connectivity index (χ1n) is 4.49. The van der Waals surface area contributed by atoms with Gasteiger partial charge in [0.05, 0.1) is 19.3 Å². The van der Waals surface area contributed by atoms with Gasteiger partial charge in [0.25, 0.3) is 5.56 Å². The number of hydrogen-bond donors (Lipinski definition) is 4. The molecular formula is C7H10N6O3. The molecule has 86 valence electrons. The van der Waals surface area contributed by atoms with Crippen molar-refractivity contribution in [3.8, 4) is 0 Å². The SMILES string of the molecule is Nc1nc2c(nnn2CC(O)CO)c(=O)[nH]1. The Hall–Kier alpha value is -2.00. The molecule has 0 aromatic carbocycles. The minimum Gasteiger partial charge on any atom is -0.394 e. The van der Waals surface area contributed by atoms with Crippen molar-refractivity contribution in [3.63, 3.8) is 0 Å². The van der Waals surface area contributed by atoms with Crippen molar-refractivity contribution in [2.75, 3.05) is 12.3 Å². The van der Waals surface area contributed by atoms with Gasteiger partial charge in [-0.15, -0.1) is 5.10 Å². The van der Waals surface area contributed by atoms with E-state index in [0.29, 0.717) is 0 Å². The summed E-state index contributed by atoms with van der Waals surface area (Å²) >= 11 is 0. The van der Waals surface area contributed by atoms with Crippen molar-refractivity contribution in [1.82, 2.24) is 25.0 Å². The van der Waals surface area contributed by atoms with Crippen LogP contribution in [0, 0.1) is 0 Å². The number of aromatic amines is 1. The summed E-state index contributed by atoms with van der Waals surface area (Å²) < 4.78 is 1.21. The predicted molar refractivity (Wildman–Crippen MR) is 53.4 cm³/mol. The molecule has 0 bridgehead atoms. The number of hydrogen-bond acceptors (Lipinski definition) is 7. The minimum atomic E-state index is -0.993. The van der Waals surface area contributed by atoms with E-state index in [1.165, 1.54) is 4.68 Å². The third kappa shape index (κ3) is 1.73. The standard InChI is InChI=1S/C7H10N6O3/c8-7-9-5-4(6(16)10-7)11-12-13(5)1-3(15)2-14/h3,14-15H,1-2H2,(H3,8,9,10,16).